The Balaban J connectivity index is 1.43. The first-order valence-electron chi connectivity index (χ1n) is 9.66. The Bertz CT molecular complexity index is 811. The third-order valence-electron chi connectivity index (χ3n) is 5.17. The highest BCUT2D eigenvalue weighted by molar-refractivity contribution is 7.99. The Morgan fingerprint density at radius 3 is 2.46 bits per heavy atom. The first-order valence-corrected chi connectivity index (χ1v) is 10.8. The Morgan fingerprint density at radius 1 is 1.11 bits per heavy atom. The lowest BCUT2D eigenvalue weighted by atomic mass is 9.89. The van der Waals surface area contributed by atoms with E-state index in [1.165, 1.54) is 11.1 Å². The summed E-state index contributed by atoms with van der Waals surface area (Å²) in [5.74, 6) is 2.43. The summed E-state index contributed by atoms with van der Waals surface area (Å²) in [6, 6.07) is 15.7. The number of amides is 1. The topological polar surface area (TPSA) is 46.6 Å². The van der Waals surface area contributed by atoms with E-state index < -0.39 is 0 Å². The molecule has 1 fully saturated rings. The third kappa shape index (κ3) is 5.38. The summed E-state index contributed by atoms with van der Waals surface area (Å²) in [5, 5.41) is 0. The van der Waals surface area contributed by atoms with Crippen molar-refractivity contribution in [1.82, 2.24) is 4.90 Å². The molecule has 0 atom stereocenters. The quantitative estimate of drug-likeness (QED) is 0.652. The van der Waals surface area contributed by atoms with E-state index >= 15 is 0 Å². The van der Waals surface area contributed by atoms with Crippen LogP contribution in [0.2, 0.25) is 0 Å². The summed E-state index contributed by atoms with van der Waals surface area (Å²) in [4.78, 5) is 27.1. The molecule has 3 rings (SSSR count). The molecule has 1 aliphatic heterocycles. The molecule has 4 nitrogen and oxygen atoms in total. The summed E-state index contributed by atoms with van der Waals surface area (Å²) in [6.45, 7) is 3.41. The first kappa shape index (κ1) is 20.5. The molecule has 0 aromatic heterocycles. The maximum Gasteiger partial charge on any atom is 0.232 e. The fraction of sp³-hybridized carbons (Fsp3) is 0.391. The lowest BCUT2D eigenvalue weighted by molar-refractivity contribution is -0.129. The predicted molar refractivity (Wildman–Crippen MR) is 114 cm³/mol. The second-order valence-electron chi connectivity index (χ2n) is 7.23. The van der Waals surface area contributed by atoms with Crippen molar-refractivity contribution in [3.8, 4) is 5.75 Å². The van der Waals surface area contributed by atoms with Crippen LogP contribution in [0.3, 0.4) is 0 Å². The van der Waals surface area contributed by atoms with Gasteiger partial charge in [0.2, 0.25) is 5.91 Å². The van der Waals surface area contributed by atoms with Crippen LogP contribution in [-0.2, 0) is 10.5 Å². The normalized spacial score (nSPS) is 14.7. The fourth-order valence-electron chi connectivity index (χ4n) is 3.53. The van der Waals surface area contributed by atoms with Crippen LogP contribution in [0.15, 0.2) is 48.5 Å². The van der Waals surface area contributed by atoms with E-state index in [0.717, 1.165) is 29.9 Å². The van der Waals surface area contributed by atoms with Crippen molar-refractivity contribution >= 4 is 23.5 Å². The molecule has 2 aromatic rings. The molecule has 148 valence electrons. The van der Waals surface area contributed by atoms with Crippen LogP contribution >= 0.6 is 11.8 Å². The van der Waals surface area contributed by atoms with Crippen LogP contribution < -0.4 is 4.74 Å². The van der Waals surface area contributed by atoms with E-state index in [9.17, 15) is 9.59 Å². The number of rotatable bonds is 7. The molecule has 1 saturated heterocycles. The maximum atomic E-state index is 12.7. The first-order chi connectivity index (χ1) is 13.6. The van der Waals surface area contributed by atoms with Crippen molar-refractivity contribution < 1.29 is 14.3 Å². The molecule has 5 heteroatoms. The number of hydrogen-bond acceptors (Lipinski definition) is 4. The van der Waals surface area contributed by atoms with Crippen LogP contribution in [0.4, 0.5) is 0 Å². The van der Waals surface area contributed by atoms with Crippen LogP contribution in [-0.4, -0.2) is 42.5 Å². The molecular weight excluding hydrogens is 370 g/mol. The Labute approximate surface area is 171 Å². The van der Waals surface area contributed by atoms with E-state index in [2.05, 4.69) is 31.2 Å². The molecule has 1 aliphatic rings. The standard InChI is InChI=1S/C23H27NO3S/c1-17-4-3-5-18(14-17)15-28-16-22(25)24-12-10-20(11-13-24)23(26)19-6-8-21(27-2)9-7-19/h3-9,14,20H,10-13,15-16H2,1-2H3. The Kier molecular flexibility index (Phi) is 7.15. The van der Waals surface area contributed by atoms with Crippen molar-refractivity contribution in [3.63, 3.8) is 0 Å². The number of carbonyl (C=O) groups is 2. The third-order valence-corrected chi connectivity index (χ3v) is 6.16. The summed E-state index contributed by atoms with van der Waals surface area (Å²) in [5.41, 5.74) is 3.22. The highest BCUT2D eigenvalue weighted by Crippen LogP contribution is 2.24. The van der Waals surface area contributed by atoms with Crippen LogP contribution in [0.5, 0.6) is 5.75 Å². The summed E-state index contributed by atoms with van der Waals surface area (Å²) < 4.78 is 5.14. The number of thioether (sulfide) groups is 1. The lowest BCUT2D eigenvalue weighted by Gasteiger charge is -2.31. The lowest BCUT2D eigenvalue weighted by Crippen LogP contribution is -2.41. The van der Waals surface area contributed by atoms with Gasteiger partial charge in [0, 0.05) is 30.3 Å². The van der Waals surface area contributed by atoms with Gasteiger partial charge in [0.1, 0.15) is 5.75 Å². The van der Waals surface area contributed by atoms with Gasteiger partial charge in [0.15, 0.2) is 5.78 Å². The second kappa shape index (κ2) is 9.78. The molecular formula is C23H27NO3S. The van der Waals surface area contributed by atoms with Gasteiger partial charge in [-0.2, -0.15) is 0 Å². The van der Waals surface area contributed by atoms with Crippen molar-refractivity contribution in [2.75, 3.05) is 26.0 Å². The number of piperidine rings is 1. The SMILES string of the molecule is COc1ccc(C(=O)C2CCN(C(=O)CSCc3cccc(C)c3)CC2)cc1. The van der Waals surface area contributed by atoms with E-state index in [-0.39, 0.29) is 17.6 Å². The summed E-state index contributed by atoms with van der Waals surface area (Å²) >= 11 is 1.65. The minimum atomic E-state index is -0.00241. The number of methoxy groups -OCH3 is 1. The molecule has 0 radical (unpaired) electrons. The number of benzene rings is 2. The minimum absolute atomic E-state index is 0.00241. The van der Waals surface area contributed by atoms with Gasteiger partial charge in [-0.05, 0) is 49.6 Å². The molecule has 0 spiro atoms. The molecule has 0 N–H and O–H groups in total. The number of Topliss-reactive ketones (excluding diaryl/α,β-unsaturated/α-hetero) is 1. The van der Waals surface area contributed by atoms with Crippen LogP contribution in [0.1, 0.15) is 34.3 Å². The maximum absolute atomic E-state index is 12.7. The van der Waals surface area contributed by atoms with Gasteiger partial charge in [-0.1, -0.05) is 29.8 Å². The zero-order chi connectivity index (χ0) is 19.9. The zero-order valence-electron chi connectivity index (χ0n) is 16.5. The molecule has 0 saturated carbocycles. The number of ketones is 1. The molecule has 1 heterocycles. The van der Waals surface area contributed by atoms with E-state index in [4.69, 9.17) is 4.74 Å². The number of carbonyl (C=O) groups excluding carboxylic acids is 2. The molecule has 0 bridgehead atoms. The number of ether oxygens (including phenoxy) is 1. The number of nitrogens with zero attached hydrogens (tertiary/aromatic N) is 1. The smallest absolute Gasteiger partial charge is 0.232 e. The van der Waals surface area contributed by atoms with Crippen molar-refractivity contribution in [2.24, 2.45) is 5.92 Å². The summed E-state index contributed by atoms with van der Waals surface area (Å²) in [6.07, 6.45) is 1.47. The average molecular weight is 398 g/mol. The van der Waals surface area contributed by atoms with Crippen LogP contribution in [0, 0.1) is 12.8 Å². The monoisotopic (exact) mass is 397 g/mol. The Morgan fingerprint density at radius 2 is 1.82 bits per heavy atom. The number of hydrogen-bond donors (Lipinski definition) is 0. The fourth-order valence-corrected chi connectivity index (χ4v) is 4.41. The molecule has 28 heavy (non-hydrogen) atoms. The largest absolute Gasteiger partial charge is 0.497 e. The molecule has 0 aliphatic carbocycles. The van der Waals surface area contributed by atoms with Gasteiger partial charge in [-0.3, -0.25) is 9.59 Å². The van der Waals surface area contributed by atoms with Crippen molar-refractivity contribution in [1.29, 1.82) is 0 Å². The highest BCUT2D eigenvalue weighted by Gasteiger charge is 2.27. The Hall–Kier alpha value is -2.27. The molecule has 0 unspecified atom stereocenters. The van der Waals surface area contributed by atoms with E-state index in [1.54, 1.807) is 18.9 Å². The van der Waals surface area contributed by atoms with Crippen molar-refractivity contribution in [3.05, 3.63) is 65.2 Å². The van der Waals surface area contributed by atoms with Gasteiger partial charge in [-0.25, -0.2) is 0 Å². The van der Waals surface area contributed by atoms with E-state index in [0.29, 0.717) is 18.8 Å². The zero-order valence-corrected chi connectivity index (χ0v) is 17.3. The van der Waals surface area contributed by atoms with E-state index in [1.807, 2.05) is 29.2 Å². The average Bonchev–Trinajstić information content (AvgIpc) is 2.73. The molecule has 1 amide bonds. The number of likely N-dealkylation sites (tertiary alicyclic amines) is 1. The predicted octanol–water partition coefficient (Wildman–Crippen LogP) is 4.36. The minimum Gasteiger partial charge on any atom is -0.497 e. The summed E-state index contributed by atoms with van der Waals surface area (Å²) in [7, 11) is 1.61. The van der Waals surface area contributed by atoms with Gasteiger partial charge in [0.05, 0.1) is 12.9 Å². The highest BCUT2D eigenvalue weighted by atomic mass is 32.2. The second-order valence-corrected chi connectivity index (χ2v) is 8.22. The van der Waals surface area contributed by atoms with Crippen molar-refractivity contribution in [2.45, 2.75) is 25.5 Å². The van der Waals surface area contributed by atoms with Gasteiger partial charge in [-0.15, -0.1) is 11.8 Å². The van der Waals surface area contributed by atoms with Gasteiger partial charge >= 0.3 is 0 Å². The van der Waals surface area contributed by atoms with Crippen LogP contribution in [0.25, 0.3) is 0 Å². The van der Waals surface area contributed by atoms with Gasteiger partial charge < -0.3 is 9.64 Å². The number of aryl methyl sites for hydroxylation is 1. The molecule has 2 aromatic carbocycles. The van der Waals surface area contributed by atoms with Gasteiger partial charge in [0.25, 0.3) is 0 Å².